The van der Waals surface area contributed by atoms with E-state index in [1.54, 1.807) is 12.1 Å². The topological polar surface area (TPSA) is 79.8 Å². The summed E-state index contributed by atoms with van der Waals surface area (Å²) >= 11 is 3.39. The van der Waals surface area contributed by atoms with Crippen molar-refractivity contribution in [2.75, 3.05) is 13.2 Å². The fourth-order valence-electron chi connectivity index (χ4n) is 1.55. The lowest BCUT2D eigenvalue weighted by atomic mass is 10.2. The average molecular weight is 370 g/mol. The van der Waals surface area contributed by atoms with Gasteiger partial charge in [0, 0.05) is 6.54 Å². The van der Waals surface area contributed by atoms with Gasteiger partial charge in [0.2, 0.25) is 0 Å². The first-order chi connectivity index (χ1) is 10.6. The van der Waals surface area contributed by atoms with E-state index in [4.69, 9.17) is 4.74 Å². The molecule has 0 aliphatic heterocycles. The molecule has 2 amide bonds. The Kier molecular flexibility index (Phi) is 8.21. The summed E-state index contributed by atoms with van der Waals surface area (Å²) in [4.78, 5) is 22.9. The minimum absolute atomic E-state index is 0.484. The molecule has 1 aromatic carbocycles. The van der Waals surface area contributed by atoms with Gasteiger partial charge in [0.25, 0.3) is 0 Å². The van der Waals surface area contributed by atoms with E-state index in [-0.39, 0.29) is 0 Å². The molecular formula is C15H20BrN3O3. The maximum atomic E-state index is 11.5. The van der Waals surface area contributed by atoms with Crippen molar-refractivity contribution in [1.82, 2.24) is 10.7 Å². The quantitative estimate of drug-likeness (QED) is 0.334. The number of rotatable bonds is 7. The van der Waals surface area contributed by atoms with Crippen molar-refractivity contribution in [3.05, 3.63) is 28.2 Å². The first-order valence-corrected chi connectivity index (χ1v) is 7.91. The SMILES string of the molecule is CCCCNC(=O)C(=O)N/N=C\c1ccc(OCC)c(Br)c1. The molecule has 0 aliphatic rings. The third kappa shape index (κ3) is 6.26. The Bertz CT molecular complexity index is 547. The number of hydrogen-bond acceptors (Lipinski definition) is 4. The highest BCUT2D eigenvalue weighted by atomic mass is 79.9. The van der Waals surface area contributed by atoms with Crippen LogP contribution in [0.4, 0.5) is 0 Å². The van der Waals surface area contributed by atoms with Crippen molar-refractivity contribution < 1.29 is 14.3 Å². The molecule has 120 valence electrons. The smallest absolute Gasteiger partial charge is 0.329 e. The normalized spacial score (nSPS) is 10.5. The summed E-state index contributed by atoms with van der Waals surface area (Å²) in [7, 11) is 0. The van der Waals surface area contributed by atoms with Gasteiger partial charge in [-0.05, 0) is 53.0 Å². The monoisotopic (exact) mass is 369 g/mol. The van der Waals surface area contributed by atoms with Crippen molar-refractivity contribution in [2.24, 2.45) is 5.10 Å². The zero-order valence-corrected chi connectivity index (χ0v) is 14.3. The fraction of sp³-hybridized carbons (Fsp3) is 0.400. The highest BCUT2D eigenvalue weighted by Gasteiger charge is 2.11. The van der Waals surface area contributed by atoms with Crippen LogP contribution in [-0.4, -0.2) is 31.2 Å². The van der Waals surface area contributed by atoms with Gasteiger partial charge in [-0.2, -0.15) is 5.10 Å². The number of benzene rings is 1. The summed E-state index contributed by atoms with van der Waals surface area (Å²) in [5.41, 5.74) is 2.95. The molecule has 0 radical (unpaired) electrons. The van der Waals surface area contributed by atoms with E-state index in [9.17, 15) is 9.59 Å². The Labute approximate surface area is 138 Å². The number of hydrazone groups is 1. The lowest BCUT2D eigenvalue weighted by Crippen LogP contribution is -2.38. The van der Waals surface area contributed by atoms with Crippen molar-refractivity contribution in [3.8, 4) is 5.75 Å². The molecule has 2 N–H and O–H groups in total. The number of nitrogens with zero attached hydrogens (tertiary/aromatic N) is 1. The number of halogens is 1. The van der Waals surface area contributed by atoms with Crippen molar-refractivity contribution in [3.63, 3.8) is 0 Å². The van der Waals surface area contributed by atoms with Gasteiger partial charge in [-0.15, -0.1) is 0 Å². The lowest BCUT2D eigenvalue weighted by Gasteiger charge is -2.05. The third-order valence-corrected chi connectivity index (χ3v) is 3.28. The van der Waals surface area contributed by atoms with Crippen molar-refractivity contribution in [1.29, 1.82) is 0 Å². The number of ether oxygens (including phenoxy) is 1. The van der Waals surface area contributed by atoms with Crippen LogP contribution in [0.1, 0.15) is 32.3 Å². The van der Waals surface area contributed by atoms with E-state index in [0.29, 0.717) is 13.2 Å². The Morgan fingerprint density at radius 1 is 1.32 bits per heavy atom. The number of carbonyl (C=O) groups excluding carboxylic acids is 2. The zero-order chi connectivity index (χ0) is 16.4. The van der Waals surface area contributed by atoms with Gasteiger partial charge in [0.15, 0.2) is 0 Å². The van der Waals surface area contributed by atoms with Gasteiger partial charge in [-0.3, -0.25) is 9.59 Å². The molecule has 6 nitrogen and oxygen atoms in total. The Morgan fingerprint density at radius 2 is 2.09 bits per heavy atom. The van der Waals surface area contributed by atoms with E-state index < -0.39 is 11.8 Å². The van der Waals surface area contributed by atoms with Gasteiger partial charge in [0.05, 0.1) is 17.3 Å². The van der Waals surface area contributed by atoms with E-state index in [2.05, 4.69) is 31.8 Å². The molecule has 0 saturated heterocycles. The lowest BCUT2D eigenvalue weighted by molar-refractivity contribution is -0.139. The second-order valence-electron chi connectivity index (χ2n) is 4.43. The number of nitrogens with one attached hydrogen (secondary N) is 2. The third-order valence-electron chi connectivity index (χ3n) is 2.66. The predicted molar refractivity (Wildman–Crippen MR) is 89.0 cm³/mol. The van der Waals surface area contributed by atoms with Gasteiger partial charge < -0.3 is 10.1 Å². The maximum absolute atomic E-state index is 11.5. The molecule has 0 aromatic heterocycles. The molecule has 0 spiro atoms. The Hall–Kier alpha value is -1.89. The van der Waals surface area contributed by atoms with Crippen LogP contribution in [0.5, 0.6) is 5.75 Å². The highest BCUT2D eigenvalue weighted by molar-refractivity contribution is 9.10. The molecule has 0 fully saturated rings. The molecule has 0 bridgehead atoms. The number of hydrogen-bond donors (Lipinski definition) is 2. The van der Waals surface area contributed by atoms with Crippen LogP contribution in [0.3, 0.4) is 0 Å². The molecule has 0 unspecified atom stereocenters. The molecule has 0 aliphatic carbocycles. The summed E-state index contributed by atoms with van der Waals surface area (Å²) in [6.45, 7) is 4.97. The maximum Gasteiger partial charge on any atom is 0.329 e. The van der Waals surface area contributed by atoms with Crippen LogP contribution in [0.15, 0.2) is 27.8 Å². The van der Waals surface area contributed by atoms with Crippen LogP contribution < -0.4 is 15.5 Å². The predicted octanol–water partition coefficient (Wildman–Crippen LogP) is 2.21. The van der Waals surface area contributed by atoms with E-state index in [1.807, 2.05) is 19.9 Å². The summed E-state index contributed by atoms with van der Waals surface area (Å²) in [5, 5.41) is 6.27. The summed E-state index contributed by atoms with van der Waals surface area (Å²) in [6.07, 6.45) is 3.24. The minimum atomic E-state index is -0.780. The van der Waals surface area contributed by atoms with Gasteiger partial charge in [-0.1, -0.05) is 13.3 Å². The molecule has 0 saturated carbocycles. The molecule has 22 heavy (non-hydrogen) atoms. The second kappa shape index (κ2) is 9.94. The Balaban J connectivity index is 2.49. The largest absolute Gasteiger partial charge is 0.493 e. The number of unbranched alkanes of at least 4 members (excludes halogenated alkanes) is 1. The van der Waals surface area contributed by atoms with Crippen LogP contribution in [0, 0.1) is 0 Å². The molecule has 7 heteroatoms. The van der Waals surface area contributed by atoms with Gasteiger partial charge >= 0.3 is 11.8 Å². The number of carbonyl (C=O) groups is 2. The highest BCUT2D eigenvalue weighted by Crippen LogP contribution is 2.25. The number of amides is 2. The Morgan fingerprint density at radius 3 is 2.73 bits per heavy atom. The molecule has 0 atom stereocenters. The van der Waals surface area contributed by atoms with Crippen molar-refractivity contribution >= 4 is 34.0 Å². The van der Waals surface area contributed by atoms with Crippen LogP contribution >= 0.6 is 15.9 Å². The zero-order valence-electron chi connectivity index (χ0n) is 12.7. The van der Waals surface area contributed by atoms with E-state index >= 15 is 0 Å². The van der Waals surface area contributed by atoms with Crippen LogP contribution in [-0.2, 0) is 9.59 Å². The second-order valence-corrected chi connectivity index (χ2v) is 5.29. The van der Waals surface area contributed by atoms with E-state index in [1.165, 1.54) is 6.21 Å². The molecule has 1 rings (SSSR count). The first-order valence-electron chi connectivity index (χ1n) is 7.12. The first kappa shape index (κ1) is 18.2. The van der Waals surface area contributed by atoms with Crippen LogP contribution in [0.25, 0.3) is 0 Å². The van der Waals surface area contributed by atoms with Crippen LogP contribution in [0.2, 0.25) is 0 Å². The van der Waals surface area contributed by atoms with Gasteiger partial charge in [-0.25, -0.2) is 5.43 Å². The summed E-state index contributed by atoms with van der Waals surface area (Å²) in [6, 6.07) is 5.41. The molecule has 0 heterocycles. The standard InChI is InChI=1S/C15H20BrN3O3/c1-3-5-8-17-14(20)15(21)19-18-10-11-6-7-13(22-4-2)12(16)9-11/h6-7,9-10H,3-5,8H2,1-2H3,(H,17,20)(H,19,21)/b18-10-. The minimum Gasteiger partial charge on any atom is -0.493 e. The summed E-state index contributed by atoms with van der Waals surface area (Å²) in [5.74, 6) is -0.727. The van der Waals surface area contributed by atoms with E-state index in [0.717, 1.165) is 28.6 Å². The summed E-state index contributed by atoms with van der Waals surface area (Å²) < 4.78 is 6.19. The average Bonchev–Trinajstić information content (AvgIpc) is 2.50. The van der Waals surface area contributed by atoms with Gasteiger partial charge in [0.1, 0.15) is 5.75 Å². The molecular weight excluding hydrogens is 350 g/mol. The fourth-order valence-corrected chi connectivity index (χ4v) is 2.06. The molecule has 1 aromatic rings. The van der Waals surface area contributed by atoms with Crippen molar-refractivity contribution in [2.45, 2.75) is 26.7 Å².